The van der Waals surface area contributed by atoms with E-state index in [-0.39, 0.29) is 6.10 Å². The summed E-state index contributed by atoms with van der Waals surface area (Å²) in [4.78, 5) is 0. The summed E-state index contributed by atoms with van der Waals surface area (Å²) in [6, 6.07) is 0. The van der Waals surface area contributed by atoms with Gasteiger partial charge in [0.1, 0.15) is 6.10 Å². The van der Waals surface area contributed by atoms with Gasteiger partial charge in [0.25, 0.3) is 0 Å². The number of terminal acetylenes is 1. The fourth-order valence-electron chi connectivity index (χ4n) is 1.89. The first-order valence-electron chi connectivity index (χ1n) is 6.13. The lowest BCUT2D eigenvalue weighted by Crippen LogP contribution is -2.21. The summed E-state index contributed by atoms with van der Waals surface area (Å²) in [5.74, 6) is 2.76. The van der Waals surface area contributed by atoms with Gasteiger partial charge in [-0.25, -0.2) is 0 Å². The van der Waals surface area contributed by atoms with Gasteiger partial charge in [-0.2, -0.15) is 0 Å². The molecule has 1 rings (SSSR count). The highest BCUT2D eigenvalue weighted by atomic mass is 16.5. The van der Waals surface area contributed by atoms with Crippen molar-refractivity contribution in [3.05, 3.63) is 12.2 Å². The fraction of sp³-hybridized carbons (Fsp3) is 0.714. The predicted octanol–water partition coefficient (Wildman–Crippen LogP) is 3.69. The minimum Gasteiger partial charge on any atom is -0.362 e. The molecule has 2 unspecified atom stereocenters. The van der Waals surface area contributed by atoms with E-state index < -0.39 is 0 Å². The highest BCUT2D eigenvalue weighted by Crippen LogP contribution is 2.18. The summed E-state index contributed by atoms with van der Waals surface area (Å²) in [5, 5.41) is 0. The number of unbranched alkanes of at least 4 members (excludes halogenated alkanes) is 2. The molecular formula is C14H22O. The Labute approximate surface area is 93.9 Å². The summed E-state index contributed by atoms with van der Waals surface area (Å²) in [6.07, 6.45) is 18.3. The molecule has 0 radical (unpaired) electrons. The number of rotatable bonds is 6. The van der Waals surface area contributed by atoms with Crippen LogP contribution in [0.3, 0.4) is 0 Å². The second-order valence-electron chi connectivity index (χ2n) is 4.19. The Kier molecular flexibility index (Phi) is 6.20. The zero-order valence-electron chi connectivity index (χ0n) is 9.74. The normalized spacial score (nSPS) is 22.3. The molecule has 1 nitrogen and oxygen atoms in total. The van der Waals surface area contributed by atoms with Gasteiger partial charge in [0.15, 0.2) is 0 Å². The van der Waals surface area contributed by atoms with E-state index in [9.17, 15) is 0 Å². The molecule has 0 saturated carbocycles. The third-order valence-electron chi connectivity index (χ3n) is 2.83. The van der Waals surface area contributed by atoms with E-state index in [2.05, 4.69) is 25.0 Å². The maximum absolute atomic E-state index is 5.90. The molecule has 0 aromatic rings. The first-order valence-corrected chi connectivity index (χ1v) is 6.13. The average Bonchev–Trinajstić information content (AvgIpc) is 2.29. The molecule has 0 aromatic carbocycles. The molecule has 0 bridgehead atoms. The molecule has 0 N–H and O–H groups in total. The molecule has 1 aliphatic carbocycles. The first kappa shape index (κ1) is 12.3. The van der Waals surface area contributed by atoms with Gasteiger partial charge < -0.3 is 4.74 Å². The molecule has 0 amide bonds. The van der Waals surface area contributed by atoms with E-state index in [1.165, 1.54) is 19.3 Å². The van der Waals surface area contributed by atoms with E-state index >= 15 is 0 Å². The van der Waals surface area contributed by atoms with Crippen LogP contribution in [0.5, 0.6) is 0 Å². The number of ether oxygens (including phenoxy) is 1. The van der Waals surface area contributed by atoms with E-state index in [0.717, 1.165) is 25.7 Å². The van der Waals surface area contributed by atoms with Crippen molar-refractivity contribution in [1.82, 2.24) is 0 Å². The Morgan fingerprint density at radius 3 is 2.93 bits per heavy atom. The van der Waals surface area contributed by atoms with Crippen LogP contribution in [0.2, 0.25) is 0 Å². The standard InChI is InChI=1S/C14H22O/c1-3-5-7-10-13(4-2)15-14-11-8-6-9-12-14/h2,6,8,13-14H,3,5,7,9-12H2,1H3. The molecule has 0 aromatic heterocycles. The minimum atomic E-state index is 0.0352. The Hall–Kier alpha value is -0.740. The summed E-state index contributed by atoms with van der Waals surface area (Å²) in [7, 11) is 0. The Bertz CT molecular complexity index is 224. The van der Waals surface area contributed by atoms with Crippen molar-refractivity contribution in [1.29, 1.82) is 0 Å². The summed E-state index contributed by atoms with van der Waals surface area (Å²) in [6.45, 7) is 2.21. The van der Waals surface area contributed by atoms with Gasteiger partial charge in [-0.1, -0.05) is 37.8 Å². The molecule has 1 aliphatic rings. The lowest BCUT2D eigenvalue weighted by atomic mass is 10.0. The third-order valence-corrected chi connectivity index (χ3v) is 2.83. The van der Waals surface area contributed by atoms with Gasteiger partial charge in [-0.05, 0) is 32.1 Å². The number of allylic oxidation sites excluding steroid dienone is 1. The van der Waals surface area contributed by atoms with Crippen LogP contribution in [0.25, 0.3) is 0 Å². The first-order chi connectivity index (χ1) is 7.36. The molecule has 1 heteroatoms. The van der Waals surface area contributed by atoms with Gasteiger partial charge in [-0.15, -0.1) is 6.42 Å². The lowest BCUT2D eigenvalue weighted by molar-refractivity contribution is 0.00888. The summed E-state index contributed by atoms with van der Waals surface area (Å²) < 4.78 is 5.90. The number of hydrogen-bond acceptors (Lipinski definition) is 1. The quantitative estimate of drug-likeness (QED) is 0.366. The molecule has 0 aliphatic heterocycles. The van der Waals surface area contributed by atoms with E-state index in [1.54, 1.807) is 0 Å². The van der Waals surface area contributed by atoms with Gasteiger partial charge in [-0.3, -0.25) is 0 Å². The summed E-state index contributed by atoms with van der Waals surface area (Å²) in [5.41, 5.74) is 0. The molecule has 2 atom stereocenters. The Balaban J connectivity index is 2.21. The molecule has 0 fully saturated rings. The van der Waals surface area contributed by atoms with Crippen molar-refractivity contribution in [2.45, 2.75) is 64.1 Å². The molecule has 84 valence electrons. The van der Waals surface area contributed by atoms with Gasteiger partial charge in [0, 0.05) is 0 Å². The van der Waals surface area contributed by atoms with Crippen LogP contribution in [0.15, 0.2) is 12.2 Å². The van der Waals surface area contributed by atoms with E-state index in [1.807, 2.05) is 0 Å². The van der Waals surface area contributed by atoms with Crippen molar-refractivity contribution in [3.8, 4) is 12.3 Å². The zero-order chi connectivity index (χ0) is 10.9. The maximum atomic E-state index is 5.90. The maximum Gasteiger partial charge on any atom is 0.118 e. The molecule has 0 spiro atoms. The largest absolute Gasteiger partial charge is 0.362 e. The van der Waals surface area contributed by atoms with Gasteiger partial charge in [0.2, 0.25) is 0 Å². The van der Waals surface area contributed by atoms with Crippen molar-refractivity contribution >= 4 is 0 Å². The zero-order valence-corrected chi connectivity index (χ0v) is 9.74. The smallest absolute Gasteiger partial charge is 0.118 e. The monoisotopic (exact) mass is 206 g/mol. The Morgan fingerprint density at radius 2 is 2.33 bits per heavy atom. The van der Waals surface area contributed by atoms with Crippen LogP contribution >= 0.6 is 0 Å². The molecule has 0 saturated heterocycles. The molecule has 0 heterocycles. The topological polar surface area (TPSA) is 9.23 Å². The molecular weight excluding hydrogens is 184 g/mol. The fourth-order valence-corrected chi connectivity index (χ4v) is 1.89. The predicted molar refractivity (Wildman–Crippen MR) is 64.6 cm³/mol. The highest BCUT2D eigenvalue weighted by molar-refractivity contribution is 4.97. The van der Waals surface area contributed by atoms with Crippen molar-refractivity contribution < 1.29 is 4.74 Å². The van der Waals surface area contributed by atoms with Crippen molar-refractivity contribution in [3.63, 3.8) is 0 Å². The van der Waals surface area contributed by atoms with Gasteiger partial charge in [0.05, 0.1) is 6.10 Å². The van der Waals surface area contributed by atoms with Crippen LogP contribution < -0.4 is 0 Å². The second-order valence-corrected chi connectivity index (χ2v) is 4.19. The van der Waals surface area contributed by atoms with Crippen LogP contribution in [0, 0.1) is 12.3 Å². The lowest BCUT2D eigenvalue weighted by Gasteiger charge is -2.22. The van der Waals surface area contributed by atoms with Gasteiger partial charge >= 0.3 is 0 Å². The minimum absolute atomic E-state index is 0.0352. The third kappa shape index (κ3) is 5.04. The van der Waals surface area contributed by atoms with E-state index in [4.69, 9.17) is 11.2 Å². The van der Waals surface area contributed by atoms with Crippen molar-refractivity contribution in [2.24, 2.45) is 0 Å². The second kappa shape index (κ2) is 7.54. The van der Waals surface area contributed by atoms with Crippen LogP contribution in [-0.2, 0) is 4.74 Å². The van der Waals surface area contributed by atoms with Crippen LogP contribution in [-0.4, -0.2) is 12.2 Å². The molecule has 15 heavy (non-hydrogen) atoms. The van der Waals surface area contributed by atoms with Crippen LogP contribution in [0.4, 0.5) is 0 Å². The SMILES string of the molecule is C#CC(CCCCC)OC1CC=CCC1. The van der Waals surface area contributed by atoms with E-state index in [0.29, 0.717) is 6.10 Å². The van der Waals surface area contributed by atoms with Crippen LogP contribution in [0.1, 0.15) is 51.9 Å². The highest BCUT2D eigenvalue weighted by Gasteiger charge is 2.14. The van der Waals surface area contributed by atoms with Crippen molar-refractivity contribution in [2.75, 3.05) is 0 Å². The number of hydrogen-bond donors (Lipinski definition) is 0. The summed E-state index contributed by atoms with van der Waals surface area (Å²) >= 11 is 0. The Morgan fingerprint density at radius 1 is 1.47 bits per heavy atom. The average molecular weight is 206 g/mol.